The second-order valence-corrected chi connectivity index (χ2v) is 5.34. The highest BCUT2D eigenvalue weighted by Crippen LogP contribution is 2.08. The topological polar surface area (TPSA) is 19.4 Å². The molecule has 0 aromatic carbocycles. The van der Waals surface area contributed by atoms with Crippen LogP contribution in [0.4, 0.5) is 0 Å². The van der Waals surface area contributed by atoms with Crippen molar-refractivity contribution in [3.05, 3.63) is 54.4 Å². The highest BCUT2D eigenvalue weighted by atomic mass is 15.3. The van der Waals surface area contributed by atoms with Gasteiger partial charge in [0.1, 0.15) is 0 Å². The molecule has 1 aromatic rings. The van der Waals surface area contributed by atoms with Crippen LogP contribution in [-0.2, 0) is 6.54 Å². The first kappa shape index (κ1) is 14.9. The summed E-state index contributed by atoms with van der Waals surface area (Å²) in [4.78, 5) is 9.35. The van der Waals surface area contributed by atoms with Crippen LogP contribution < -0.4 is 0 Å². The van der Waals surface area contributed by atoms with Crippen LogP contribution in [-0.4, -0.2) is 47.5 Å². The molecule has 1 aromatic heterocycles. The van der Waals surface area contributed by atoms with Crippen LogP contribution in [0.1, 0.15) is 19.0 Å². The molecule has 0 aliphatic carbocycles. The zero-order chi connectivity index (χ0) is 14.2. The molecule has 1 aliphatic rings. The quantitative estimate of drug-likeness (QED) is 0.742. The van der Waals surface area contributed by atoms with Crippen LogP contribution in [0.15, 0.2) is 48.7 Å². The van der Waals surface area contributed by atoms with Crippen molar-refractivity contribution in [2.75, 3.05) is 32.7 Å². The molecule has 0 bridgehead atoms. The van der Waals surface area contributed by atoms with Gasteiger partial charge in [-0.3, -0.25) is 14.8 Å². The molecule has 0 unspecified atom stereocenters. The van der Waals surface area contributed by atoms with Crippen molar-refractivity contribution >= 4 is 0 Å². The molecule has 3 heteroatoms. The van der Waals surface area contributed by atoms with E-state index in [0.29, 0.717) is 0 Å². The van der Waals surface area contributed by atoms with Crippen molar-refractivity contribution in [3.8, 4) is 0 Å². The summed E-state index contributed by atoms with van der Waals surface area (Å²) in [6.45, 7) is 12.7. The van der Waals surface area contributed by atoms with Crippen LogP contribution >= 0.6 is 0 Å². The lowest BCUT2D eigenvalue weighted by molar-refractivity contribution is 0.134. The zero-order valence-corrected chi connectivity index (χ0v) is 12.5. The van der Waals surface area contributed by atoms with Crippen LogP contribution in [0.3, 0.4) is 0 Å². The van der Waals surface area contributed by atoms with Gasteiger partial charge in [0.2, 0.25) is 0 Å². The first-order valence-electron chi connectivity index (χ1n) is 7.47. The van der Waals surface area contributed by atoms with E-state index in [0.717, 1.165) is 51.4 Å². The number of nitrogens with zero attached hydrogens (tertiary/aromatic N) is 3. The number of hydrogen-bond acceptors (Lipinski definition) is 3. The second-order valence-electron chi connectivity index (χ2n) is 5.34. The van der Waals surface area contributed by atoms with Crippen LogP contribution in [0.25, 0.3) is 0 Å². The summed E-state index contributed by atoms with van der Waals surface area (Å²) in [5, 5.41) is 0. The summed E-state index contributed by atoms with van der Waals surface area (Å²) in [6.07, 6.45) is 7.28. The molecule has 2 heterocycles. The molecule has 1 aliphatic heterocycles. The molecule has 1 saturated heterocycles. The molecule has 0 N–H and O–H groups in total. The van der Waals surface area contributed by atoms with Gasteiger partial charge in [0.05, 0.1) is 5.69 Å². The Bertz CT molecular complexity index is 431. The van der Waals surface area contributed by atoms with Crippen molar-refractivity contribution in [2.24, 2.45) is 0 Å². The molecule has 0 spiro atoms. The van der Waals surface area contributed by atoms with Crippen LogP contribution in [0, 0.1) is 0 Å². The summed E-state index contributed by atoms with van der Waals surface area (Å²) < 4.78 is 0. The number of aromatic nitrogens is 1. The molecule has 1 fully saturated rings. The third-order valence-electron chi connectivity index (χ3n) is 3.59. The Hall–Kier alpha value is -1.45. The third kappa shape index (κ3) is 4.91. The summed E-state index contributed by atoms with van der Waals surface area (Å²) in [6, 6.07) is 6.13. The SMILES string of the molecule is C=C(/C=C\CC)CN1CCN(Cc2ccccn2)CC1. The summed E-state index contributed by atoms with van der Waals surface area (Å²) in [5.41, 5.74) is 2.38. The zero-order valence-electron chi connectivity index (χ0n) is 12.5. The fourth-order valence-corrected chi connectivity index (χ4v) is 2.45. The molecule has 0 saturated carbocycles. The van der Waals surface area contributed by atoms with E-state index in [2.05, 4.69) is 52.6 Å². The van der Waals surface area contributed by atoms with E-state index in [1.165, 1.54) is 5.57 Å². The third-order valence-corrected chi connectivity index (χ3v) is 3.59. The molecular weight excluding hydrogens is 246 g/mol. The predicted octanol–water partition coefficient (Wildman–Crippen LogP) is 2.72. The van der Waals surface area contributed by atoms with Gasteiger partial charge in [0.15, 0.2) is 0 Å². The first-order chi connectivity index (χ1) is 9.78. The number of hydrogen-bond donors (Lipinski definition) is 0. The van der Waals surface area contributed by atoms with Gasteiger partial charge in [0, 0.05) is 45.5 Å². The van der Waals surface area contributed by atoms with Gasteiger partial charge in [-0.2, -0.15) is 0 Å². The maximum absolute atomic E-state index is 4.40. The minimum absolute atomic E-state index is 0.964. The normalized spacial score (nSPS) is 17.6. The number of allylic oxidation sites excluding steroid dienone is 1. The Kier molecular flexibility index (Phi) is 5.96. The maximum atomic E-state index is 4.40. The van der Waals surface area contributed by atoms with Gasteiger partial charge in [-0.25, -0.2) is 0 Å². The fraction of sp³-hybridized carbons (Fsp3) is 0.471. The van der Waals surface area contributed by atoms with Gasteiger partial charge >= 0.3 is 0 Å². The van der Waals surface area contributed by atoms with Gasteiger partial charge in [-0.05, 0) is 24.1 Å². The Morgan fingerprint density at radius 1 is 1.25 bits per heavy atom. The standard InChI is InChI=1S/C17H25N3/c1-3-4-7-16(2)14-19-10-12-20(13-11-19)15-17-8-5-6-9-18-17/h4-9H,2-3,10-15H2,1H3/b7-4-. The number of piperazine rings is 1. The molecule has 20 heavy (non-hydrogen) atoms. The van der Waals surface area contributed by atoms with Crippen LogP contribution in [0.2, 0.25) is 0 Å². The Balaban J connectivity index is 1.72. The summed E-state index contributed by atoms with van der Waals surface area (Å²) >= 11 is 0. The van der Waals surface area contributed by atoms with E-state index in [1.807, 2.05) is 12.3 Å². The Morgan fingerprint density at radius 3 is 2.65 bits per heavy atom. The van der Waals surface area contributed by atoms with Crippen molar-refractivity contribution < 1.29 is 0 Å². The Labute approximate surface area is 122 Å². The molecule has 0 atom stereocenters. The lowest BCUT2D eigenvalue weighted by atomic mass is 10.2. The van der Waals surface area contributed by atoms with Gasteiger partial charge in [-0.15, -0.1) is 0 Å². The van der Waals surface area contributed by atoms with E-state index in [-0.39, 0.29) is 0 Å². The fourth-order valence-electron chi connectivity index (χ4n) is 2.45. The second kappa shape index (κ2) is 7.98. The van der Waals surface area contributed by atoms with E-state index in [9.17, 15) is 0 Å². The predicted molar refractivity (Wildman–Crippen MR) is 84.5 cm³/mol. The van der Waals surface area contributed by atoms with E-state index in [4.69, 9.17) is 0 Å². The number of rotatable bonds is 6. The largest absolute Gasteiger partial charge is 0.297 e. The van der Waals surface area contributed by atoms with E-state index >= 15 is 0 Å². The van der Waals surface area contributed by atoms with Crippen molar-refractivity contribution in [2.45, 2.75) is 19.9 Å². The van der Waals surface area contributed by atoms with Gasteiger partial charge < -0.3 is 0 Å². The van der Waals surface area contributed by atoms with Gasteiger partial charge in [-0.1, -0.05) is 31.7 Å². The molecule has 0 amide bonds. The first-order valence-corrected chi connectivity index (χ1v) is 7.47. The number of pyridine rings is 1. The molecule has 3 nitrogen and oxygen atoms in total. The molecular formula is C17H25N3. The van der Waals surface area contributed by atoms with Crippen molar-refractivity contribution in [1.29, 1.82) is 0 Å². The average Bonchev–Trinajstić information content (AvgIpc) is 2.48. The molecule has 108 valence electrons. The summed E-state index contributed by atoms with van der Waals surface area (Å²) in [5.74, 6) is 0. The minimum Gasteiger partial charge on any atom is -0.297 e. The lowest BCUT2D eigenvalue weighted by Gasteiger charge is -2.34. The molecule has 0 radical (unpaired) electrons. The van der Waals surface area contributed by atoms with E-state index in [1.54, 1.807) is 0 Å². The average molecular weight is 271 g/mol. The van der Waals surface area contributed by atoms with Crippen molar-refractivity contribution in [3.63, 3.8) is 0 Å². The molecule has 2 rings (SSSR count). The minimum atomic E-state index is 0.964. The van der Waals surface area contributed by atoms with Gasteiger partial charge in [0.25, 0.3) is 0 Å². The Morgan fingerprint density at radius 2 is 2.00 bits per heavy atom. The lowest BCUT2D eigenvalue weighted by Crippen LogP contribution is -2.46. The highest BCUT2D eigenvalue weighted by molar-refractivity contribution is 5.16. The summed E-state index contributed by atoms with van der Waals surface area (Å²) in [7, 11) is 0. The smallest absolute Gasteiger partial charge is 0.0543 e. The van der Waals surface area contributed by atoms with Crippen LogP contribution in [0.5, 0.6) is 0 Å². The van der Waals surface area contributed by atoms with Crippen molar-refractivity contribution in [1.82, 2.24) is 14.8 Å². The van der Waals surface area contributed by atoms with E-state index < -0.39 is 0 Å². The maximum Gasteiger partial charge on any atom is 0.0543 e. The monoisotopic (exact) mass is 271 g/mol. The highest BCUT2D eigenvalue weighted by Gasteiger charge is 2.17.